The molecule has 4 aromatic rings. The molecule has 1 aliphatic carbocycles. The fourth-order valence-electron chi connectivity index (χ4n) is 7.02. The van der Waals surface area contributed by atoms with Crippen molar-refractivity contribution in [2.24, 2.45) is 5.41 Å². The van der Waals surface area contributed by atoms with E-state index in [1.165, 1.54) is 0 Å². The molecule has 2 aliphatic heterocycles. The van der Waals surface area contributed by atoms with Gasteiger partial charge >= 0.3 is 6.09 Å². The zero-order valence-electron chi connectivity index (χ0n) is 28.7. The van der Waals surface area contributed by atoms with Crippen LogP contribution >= 0.6 is 0 Å². The molecule has 47 heavy (non-hydrogen) atoms. The Morgan fingerprint density at radius 3 is 2.51 bits per heavy atom. The summed E-state index contributed by atoms with van der Waals surface area (Å²) in [4.78, 5) is 22.8. The number of nitrogens with one attached hydrogen (secondary N) is 2. The summed E-state index contributed by atoms with van der Waals surface area (Å²) in [6.45, 7) is 10.3. The molecule has 0 radical (unpaired) electrons. The summed E-state index contributed by atoms with van der Waals surface area (Å²) >= 11 is 0. The number of fused-ring (bicyclic) bond motifs is 6. The summed E-state index contributed by atoms with van der Waals surface area (Å²) in [5.74, 6) is 3.37. The maximum Gasteiger partial charge on any atom is 0.407 e. The van der Waals surface area contributed by atoms with E-state index >= 15 is 0 Å². The number of carbonyl (C=O) groups excluding carboxylic acids is 1. The molecule has 3 fully saturated rings. The number of amides is 1. The van der Waals surface area contributed by atoms with Crippen molar-refractivity contribution >= 4 is 33.8 Å². The number of aromatic nitrogens is 3. The molecular weight excluding hydrogens is 594 g/mol. The van der Waals surface area contributed by atoms with E-state index in [1.54, 1.807) is 14.2 Å². The summed E-state index contributed by atoms with van der Waals surface area (Å²) in [7, 11) is 3.33. The minimum Gasteiger partial charge on any atom is -0.497 e. The maximum absolute atomic E-state index is 12.4. The topological polar surface area (TPSA) is 109 Å². The highest BCUT2D eigenvalue weighted by atomic mass is 16.6. The van der Waals surface area contributed by atoms with E-state index in [0.717, 1.165) is 102 Å². The first-order chi connectivity index (χ1) is 22.6. The minimum atomic E-state index is -0.530. The number of hydrogen-bond donors (Lipinski definition) is 2. The van der Waals surface area contributed by atoms with Crippen molar-refractivity contribution in [2.45, 2.75) is 96.9 Å². The van der Waals surface area contributed by atoms with Crippen molar-refractivity contribution in [1.29, 1.82) is 0 Å². The molecule has 2 saturated heterocycles. The molecule has 1 saturated carbocycles. The van der Waals surface area contributed by atoms with Crippen LogP contribution in [0.5, 0.6) is 11.5 Å². The van der Waals surface area contributed by atoms with Crippen LogP contribution in [0.1, 0.15) is 77.6 Å². The average Bonchev–Trinajstić information content (AvgIpc) is 3.43. The highest BCUT2D eigenvalue weighted by Crippen LogP contribution is 2.50. The van der Waals surface area contributed by atoms with Crippen LogP contribution in [-0.2, 0) is 29.0 Å². The average molecular weight is 644 g/mol. The van der Waals surface area contributed by atoms with E-state index in [2.05, 4.69) is 40.3 Å². The third-order valence-corrected chi connectivity index (χ3v) is 9.71. The van der Waals surface area contributed by atoms with Gasteiger partial charge in [-0.1, -0.05) is 31.5 Å². The number of ether oxygens (including phenoxy) is 4. The van der Waals surface area contributed by atoms with Crippen molar-refractivity contribution in [3.05, 3.63) is 53.9 Å². The van der Waals surface area contributed by atoms with Crippen molar-refractivity contribution in [3.63, 3.8) is 0 Å². The Hall–Kier alpha value is -4.05. The number of nitrogens with zero attached hydrogens (tertiary/aromatic N) is 3. The number of methoxy groups -OCH3 is 2. The van der Waals surface area contributed by atoms with Crippen LogP contribution in [0.3, 0.4) is 0 Å². The van der Waals surface area contributed by atoms with Gasteiger partial charge in [0.25, 0.3) is 0 Å². The lowest BCUT2D eigenvalue weighted by atomic mass is 9.66. The van der Waals surface area contributed by atoms with E-state index in [-0.39, 0.29) is 11.0 Å². The Balaban J connectivity index is 1.30. The van der Waals surface area contributed by atoms with E-state index in [4.69, 9.17) is 28.9 Å². The predicted octanol–water partition coefficient (Wildman–Crippen LogP) is 7.41. The second-order valence-electron chi connectivity index (χ2n) is 14.3. The summed E-state index contributed by atoms with van der Waals surface area (Å²) in [5.41, 5.74) is 3.08. The van der Waals surface area contributed by atoms with Gasteiger partial charge < -0.3 is 34.1 Å². The van der Waals surface area contributed by atoms with Crippen molar-refractivity contribution in [1.82, 2.24) is 19.9 Å². The summed E-state index contributed by atoms with van der Waals surface area (Å²) in [6.07, 6.45) is 6.51. The Labute approximate surface area is 277 Å². The second kappa shape index (κ2) is 13.2. The molecule has 1 amide bonds. The van der Waals surface area contributed by atoms with E-state index in [1.807, 2.05) is 45.0 Å². The van der Waals surface area contributed by atoms with Crippen molar-refractivity contribution in [2.75, 3.05) is 32.7 Å². The van der Waals surface area contributed by atoms with Crippen LogP contribution in [0.4, 0.5) is 10.6 Å². The summed E-state index contributed by atoms with van der Waals surface area (Å²) in [5, 5.41) is 7.68. The van der Waals surface area contributed by atoms with Crippen molar-refractivity contribution in [3.8, 4) is 11.5 Å². The van der Waals surface area contributed by atoms with Gasteiger partial charge in [0.15, 0.2) is 5.82 Å². The standard InChI is InChI=1S/C37H49N5O5/c1-7-8-13-30-41-31-32(42(30)23-36-16-18-37(19-17-36,46-24-36)22-39-34(43)47-35(2,3)4)27-11-9-10-12-28(27)40-33(31)38-21-25-14-15-26(44-5)20-29(25)45-6/h9-12,14-15,20H,7-8,13,16-19,21-24H2,1-6H3,(H,38,40)(H,39,43). The van der Waals surface area contributed by atoms with Crippen LogP contribution in [0.2, 0.25) is 0 Å². The number of carbonyl (C=O) groups is 1. The summed E-state index contributed by atoms with van der Waals surface area (Å²) < 4.78 is 25.6. The van der Waals surface area contributed by atoms with Gasteiger partial charge in [0.05, 0.1) is 37.5 Å². The lowest BCUT2D eigenvalue weighted by Gasteiger charge is -2.53. The van der Waals surface area contributed by atoms with Gasteiger partial charge in [0.1, 0.15) is 28.4 Å². The van der Waals surface area contributed by atoms with Gasteiger partial charge in [-0.05, 0) is 71.1 Å². The number of anilines is 1. The SMILES string of the molecule is CCCCc1nc2c(NCc3ccc(OC)cc3OC)nc3ccccc3c2n1CC12CCC(CNC(=O)OC(C)(C)C)(CC1)OC2. The minimum absolute atomic E-state index is 0.00328. The van der Waals surface area contributed by atoms with Gasteiger partial charge in [-0.3, -0.25) is 0 Å². The van der Waals surface area contributed by atoms with Gasteiger partial charge in [-0.2, -0.15) is 0 Å². The molecule has 0 spiro atoms. The smallest absolute Gasteiger partial charge is 0.407 e. The third-order valence-electron chi connectivity index (χ3n) is 9.71. The zero-order valence-corrected chi connectivity index (χ0v) is 28.7. The first-order valence-corrected chi connectivity index (χ1v) is 16.9. The van der Waals surface area contributed by atoms with E-state index in [0.29, 0.717) is 19.7 Å². The molecule has 2 bridgehead atoms. The first kappa shape index (κ1) is 32.9. The maximum atomic E-state index is 12.4. The number of alkyl carbamates (subject to hydrolysis) is 1. The third kappa shape index (κ3) is 6.98. The molecule has 3 aliphatic rings. The zero-order chi connectivity index (χ0) is 33.2. The predicted molar refractivity (Wildman–Crippen MR) is 184 cm³/mol. The molecule has 10 heteroatoms. The van der Waals surface area contributed by atoms with Gasteiger partial charge in [-0.25, -0.2) is 14.8 Å². The van der Waals surface area contributed by atoms with Gasteiger partial charge in [0, 0.05) is 48.5 Å². The Bertz CT molecular complexity index is 1720. The highest BCUT2D eigenvalue weighted by molar-refractivity contribution is 6.07. The molecule has 252 valence electrons. The largest absolute Gasteiger partial charge is 0.497 e. The molecule has 2 aromatic heterocycles. The molecule has 4 heterocycles. The Morgan fingerprint density at radius 2 is 1.83 bits per heavy atom. The number of aryl methyl sites for hydroxylation is 1. The molecule has 0 unspecified atom stereocenters. The quantitative estimate of drug-likeness (QED) is 0.164. The molecule has 2 N–H and O–H groups in total. The van der Waals surface area contributed by atoms with E-state index in [9.17, 15) is 4.79 Å². The number of unbranched alkanes of at least 4 members (excludes halogenated alkanes) is 1. The van der Waals surface area contributed by atoms with E-state index < -0.39 is 11.7 Å². The number of rotatable bonds is 12. The first-order valence-electron chi connectivity index (χ1n) is 16.9. The van der Waals surface area contributed by atoms with Crippen LogP contribution < -0.4 is 20.1 Å². The number of para-hydroxylation sites is 1. The molecular formula is C37H49N5O5. The van der Waals surface area contributed by atoms with Crippen molar-refractivity contribution < 1.29 is 23.7 Å². The van der Waals surface area contributed by atoms with Gasteiger partial charge in [-0.15, -0.1) is 0 Å². The Morgan fingerprint density at radius 1 is 1.04 bits per heavy atom. The number of pyridine rings is 1. The van der Waals surface area contributed by atoms with Gasteiger partial charge in [0.2, 0.25) is 0 Å². The number of benzene rings is 2. The van der Waals surface area contributed by atoms with Crippen LogP contribution in [0, 0.1) is 5.41 Å². The van der Waals surface area contributed by atoms with Crippen LogP contribution in [0.25, 0.3) is 21.9 Å². The van der Waals surface area contributed by atoms with Crippen LogP contribution in [-0.4, -0.2) is 59.2 Å². The van der Waals surface area contributed by atoms with Crippen LogP contribution in [0.15, 0.2) is 42.5 Å². The molecule has 10 nitrogen and oxygen atoms in total. The fraction of sp³-hybridized carbons (Fsp3) is 0.541. The lowest BCUT2D eigenvalue weighted by molar-refractivity contribution is -0.184. The molecule has 2 aromatic carbocycles. The number of imidazole rings is 1. The highest BCUT2D eigenvalue weighted by Gasteiger charge is 2.50. The lowest BCUT2D eigenvalue weighted by Crippen LogP contribution is -2.57. The second-order valence-corrected chi connectivity index (χ2v) is 14.3. The molecule has 0 atom stereocenters. The Kier molecular flexibility index (Phi) is 9.25. The number of hydrogen-bond acceptors (Lipinski definition) is 8. The monoisotopic (exact) mass is 643 g/mol. The normalized spacial score (nSPS) is 20.8. The fourth-order valence-corrected chi connectivity index (χ4v) is 7.02. The molecule has 7 rings (SSSR count). The summed E-state index contributed by atoms with van der Waals surface area (Å²) in [6, 6.07) is 14.2.